The molecule has 0 aromatic heterocycles. The topological polar surface area (TPSA) is 49.4 Å². The fraction of sp³-hybridized carbons (Fsp3) is 0.529. The zero-order valence-electron chi connectivity index (χ0n) is 12.6. The number of carbonyl (C=O) groups is 2. The van der Waals surface area contributed by atoms with E-state index in [4.69, 9.17) is 0 Å². The summed E-state index contributed by atoms with van der Waals surface area (Å²) in [4.78, 5) is 26.5. The van der Waals surface area contributed by atoms with E-state index < -0.39 is 0 Å². The van der Waals surface area contributed by atoms with Crippen LogP contribution in [0.3, 0.4) is 0 Å². The summed E-state index contributed by atoms with van der Waals surface area (Å²) < 4.78 is 0. The molecule has 21 heavy (non-hydrogen) atoms. The van der Waals surface area contributed by atoms with Crippen molar-refractivity contribution < 1.29 is 9.59 Å². The fourth-order valence-corrected chi connectivity index (χ4v) is 3.61. The molecule has 1 heterocycles. The van der Waals surface area contributed by atoms with Gasteiger partial charge < -0.3 is 5.32 Å². The van der Waals surface area contributed by atoms with Gasteiger partial charge in [0, 0.05) is 6.54 Å². The zero-order chi connectivity index (χ0) is 15.0. The Morgan fingerprint density at radius 3 is 2.48 bits per heavy atom. The van der Waals surface area contributed by atoms with E-state index in [1.54, 1.807) is 0 Å². The van der Waals surface area contributed by atoms with Gasteiger partial charge in [-0.1, -0.05) is 26.0 Å². The number of carbonyl (C=O) groups excluding carboxylic acids is 2. The van der Waals surface area contributed by atoms with Gasteiger partial charge in [-0.25, -0.2) is 0 Å². The van der Waals surface area contributed by atoms with E-state index in [0.717, 1.165) is 37.2 Å². The van der Waals surface area contributed by atoms with Crippen LogP contribution < -0.4 is 10.2 Å². The van der Waals surface area contributed by atoms with E-state index in [9.17, 15) is 9.59 Å². The van der Waals surface area contributed by atoms with Gasteiger partial charge in [0.25, 0.3) is 0 Å². The van der Waals surface area contributed by atoms with Crippen LogP contribution >= 0.6 is 0 Å². The Hall–Kier alpha value is -1.68. The molecule has 2 amide bonds. The molecule has 2 fully saturated rings. The van der Waals surface area contributed by atoms with Crippen molar-refractivity contribution in [2.24, 2.45) is 17.8 Å². The quantitative estimate of drug-likeness (QED) is 0.864. The van der Waals surface area contributed by atoms with Gasteiger partial charge in [0.05, 0.1) is 17.5 Å². The molecule has 0 radical (unpaired) electrons. The Labute approximate surface area is 125 Å². The Bertz CT molecular complexity index is 546. The molecule has 4 nitrogen and oxygen atoms in total. The van der Waals surface area contributed by atoms with Gasteiger partial charge in [0.2, 0.25) is 11.8 Å². The SMILES string of the molecule is CCNCc1cccc(N2C(=O)C3CC(C)CC3C2=O)c1. The minimum Gasteiger partial charge on any atom is -0.313 e. The van der Waals surface area contributed by atoms with Crippen LogP contribution in [-0.2, 0) is 16.1 Å². The molecule has 1 aromatic rings. The van der Waals surface area contributed by atoms with E-state index >= 15 is 0 Å². The molecular weight excluding hydrogens is 264 g/mol. The number of imide groups is 1. The maximum atomic E-state index is 12.6. The van der Waals surface area contributed by atoms with Crippen LogP contribution in [0.15, 0.2) is 24.3 Å². The van der Waals surface area contributed by atoms with E-state index in [-0.39, 0.29) is 23.7 Å². The van der Waals surface area contributed by atoms with Crippen molar-refractivity contribution in [3.05, 3.63) is 29.8 Å². The Morgan fingerprint density at radius 2 is 1.86 bits per heavy atom. The number of amides is 2. The first-order chi connectivity index (χ1) is 10.1. The van der Waals surface area contributed by atoms with Crippen molar-refractivity contribution in [2.75, 3.05) is 11.4 Å². The summed E-state index contributed by atoms with van der Waals surface area (Å²) in [6, 6.07) is 7.73. The van der Waals surface area contributed by atoms with E-state index in [1.165, 1.54) is 4.90 Å². The number of anilines is 1. The van der Waals surface area contributed by atoms with Gasteiger partial charge in [0.1, 0.15) is 0 Å². The highest BCUT2D eigenvalue weighted by Crippen LogP contribution is 2.44. The highest BCUT2D eigenvalue weighted by Gasteiger charge is 2.52. The molecule has 2 atom stereocenters. The molecule has 0 spiro atoms. The van der Waals surface area contributed by atoms with Crippen molar-refractivity contribution in [2.45, 2.75) is 33.2 Å². The summed E-state index contributed by atoms with van der Waals surface area (Å²) in [6.07, 6.45) is 1.70. The minimum absolute atomic E-state index is 0.00468. The van der Waals surface area contributed by atoms with Crippen molar-refractivity contribution in [1.29, 1.82) is 0 Å². The Kier molecular flexibility index (Phi) is 3.81. The van der Waals surface area contributed by atoms with E-state index in [2.05, 4.69) is 19.2 Å². The number of fused-ring (bicyclic) bond motifs is 1. The number of rotatable bonds is 4. The largest absolute Gasteiger partial charge is 0.313 e. The molecule has 2 unspecified atom stereocenters. The zero-order valence-corrected chi connectivity index (χ0v) is 12.6. The standard InChI is InChI=1S/C17H22N2O2/c1-3-18-10-12-5-4-6-13(9-12)19-16(20)14-7-11(2)8-15(14)17(19)21/h4-6,9,11,14-15,18H,3,7-8,10H2,1-2H3. The molecule has 1 N–H and O–H groups in total. The molecule has 112 valence electrons. The first-order valence-electron chi connectivity index (χ1n) is 7.79. The third kappa shape index (κ3) is 2.48. The maximum Gasteiger partial charge on any atom is 0.237 e. The molecule has 1 aliphatic carbocycles. The summed E-state index contributed by atoms with van der Waals surface area (Å²) in [5, 5.41) is 3.26. The van der Waals surface area contributed by atoms with E-state index in [0.29, 0.717) is 5.92 Å². The molecule has 3 rings (SSSR count). The number of nitrogens with zero attached hydrogens (tertiary/aromatic N) is 1. The molecule has 1 saturated carbocycles. The maximum absolute atomic E-state index is 12.6. The lowest BCUT2D eigenvalue weighted by Crippen LogP contribution is -2.32. The van der Waals surface area contributed by atoms with Crippen LogP contribution in [0, 0.1) is 17.8 Å². The lowest BCUT2D eigenvalue weighted by Gasteiger charge is -2.18. The van der Waals surface area contributed by atoms with Crippen molar-refractivity contribution >= 4 is 17.5 Å². The summed E-state index contributed by atoms with van der Waals surface area (Å²) in [6.45, 7) is 5.83. The highest BCUT2D eigenvalue weighted by molar-refractivity contribution is 6.22. The van der Waals surface area contributed by atoms with Crippen LogP contribution in [0.1, 0.15) is 32.3 Å². The molecule has 4 heteroatoms. The van der Waals surface area contributed by atoms with Gasteiger partial charge in [-0.15, -0.1) is 0 Å². The van der Waals surface area contributed by atoms with Gasteiger partial charge >= 0.3 is 0 Å². The molecule has 0 bridgehead atoms. The third-order valence-corrected chi connectivity index (χ3v) is 4.62. The number of hydrogen-bond acceptors (Lipinski definition) is 3. The van der Waals surface area contributed by atoms with Crippen molar-refractivity contribution in [3.63, 3.8) is 0 Å². The average molecular weight is 286 g/mol. The minimum atomic E-state index is -0.0927. The number of nitrogens with one attached hydrogen (secondary N) is 1. The van der Waals surface area contributed by atoms with E-state index in [1.807, 2.05) is 24.3 Å². The highest BCUT2D eigenvalue weighted by atomic mass is 16.2. The molecule has 2 aliphatic rings. The lowest BCUT2D eigenvalue weighted by atomic mass is 10.00. The van der Waals surface area contributed by atoms with Crippen LogP contribution in [0.5, 0.6) is 0 Å². The van der Waals surface area contributed by atoms with Crippen molar-refractivity contribution in [1.82, 2.24) is 5.32 Å². The lowest BCUT2D eigenvalue weighted by molar-refractivity contribution is -0.123. The molecule has 1 aliphatic heterocycles. The summed E-state index contributed by atoms with van der Waals surface area (Å²) >= 11 is 0. The second-order valence-corrected chi connectivity index (χ2v) is 6.25. The molecule has 1 aromatic carbocycles. The van der Waals surface area contributed by atoms with Gasteiger partial charge in [0.15, 0.2) is 0 Å². The van der Waals surface area contributed by atoms with Crippen molar-refractivity contribution in [3.8, 4) is 0 Å². The second kappa shape index (κ2) is 5.60. The molecule has 1 saturated heterocycles. The van der Waals surface area contributed by atoms with Gasteiger partial charge in [-0.2, -0.15) is 0 Å². The number of benzene rings is 1. The van der Waals surface area contributed by atoms with Crippen LogP contribution in [0.4, 0.5) is 5.69 Å². The van der Waals surface area contributed by atoms with Crippen LogP contribution in [0.2, 0.25) is 0 Å². The average Bonchev–Trinajstić information content (AvgIpc) is 2.96. The van der Waals surface area contributed by atoms with Crippen LogP contribution in [-0.4, -0.2) is 18.4 Å². The monoisotopic (exact) mass is 286 g/mol. The fourth-order valence-electron chi connectivity index (χ4n) is 3.61. The summed E-state index contributed by atoms with van der Waals surface area (Å²) in [5.41, 5.74) is 1.82. The first kappa shape index (κ1) is 14.3. The Balaban J connectivity index is 1.84. The predicted octanol–water partition coefficient (Wildman–Crippen LogP) is 2.33. The smallest absolute Gasteiger partial charge is 0.237 e. The molecular formula is C17H22N2O2. The predicted molar refractivity (Wildman–Crippen MR) is 81.7 cm³/mol. The summed E-state index contributed by atoms with van der Waals surface area (Å²) in [7, 11) is 0. The van der Waals surface area contributed by atoms with Gasteiger partial charge in [-0.3, -0.25) is 14.5 Å². The summed E-state index contributed by atoms with van der Waals surface area (Å²) in [5.74, 6) is 0.287. The second-order valence-electron chi connectivity index (χ2n) is 6.25. The Morgan fingerprint density at radius 1 is 1.19 bits per heavy atom. The normalized spacial score (nSPS) is 28.3. The number of hydrogen-bond donors (Lipinski definition) is 1. The van der Waals surface area contributed by atoms with Crippen LogP contribution in [0.25, 0.3) is 0 Å². The first-order valence-corrected chi connectivity index (χ1v) is 7.79. The van der Waals surface area contributed by atoms with Gasteiger partial charge in [-0.05, 0) is 43.0 Å². The third-order valence-electron chi connectivity index (χ3n) is 4.62.